The predicted molar refractivity (Wildman–Crippen MR) is 96.4 cm³/mol. The molecule has 3 heteroatoms. The van der Waals surface area contributed by atoms with Crippen molar-refractivity contribution < 1.29 is 10.2 Å². The lowest BCUT2D eigenvalue weighted by atomic mass is 9.45. The van der Waals surface area contributed by atoms with E-state index in [1.807, 2.05) is 0 Å². The molecular formula is C20H33BrO2. The molecule has 4 aliphatic carbocycles. The van der Waals surface area contributed by atoms with Crippen LogP contribution in [-0.4, -0.2) is 26.7 Å². The van der Waals surface area contributed by atoms with E-state index in [1.165, 1.54) is 19.3 Å². The second-order valence-electron chi connectivity index (χ2n) is 10.1. The van der Waals surface area contributed by atoms with E-state index < -0.39 is 5.60 Å². The summed E-state index contributed by atoms with van der Waals surface area (Å²) in [5, 5.41) is 22.1. The van der Waals surface area contributed by atoms with E-state index in [4.69, 9.17) is 0 Å². The lowest BCUT2D eigenvalue weighted by Gasteiger charge is -2.62. The molecule has 0 aromatic heterocycles. The topological polar surface area (TPSA) is 40.5 Å². The van der Waals surface area contributed by atoms with Crippen molar-refractivity contribution >= 4 is 15.9 Å². The minimum Gasteiger partial charge on any atom is -0.393 e. The van der Waals surface area contributed by atoms with Gasteiger partial charge in [-0.3, -0.25) is 0 Å². The molecule has 0 saturated heterocycles. The number of rotatable bonds is 1. The first-order valence-electron chi connectivity index (χ1n) is 9.68. The zero-order valence-corrected chi connectivity index (χ0v) is 16.6. The number of halogens is 1. The molecule has 0 aliphatic heterocycles. The summed E-state index contributed by atoms with van der Waals surface area (Å²) < 4.78 is 0. The summed E-state index contributed by atoms with van der Waals surface area (Å²) in [4.78, 5) is 0.507. The van der Waals surface area contributed by atoms with Crippen LogP contribution >= 0.6 is 15.9 Å². The van der Waals surface area contributed by atoms with Crippen LogP contribution in [0.25, 0.3) is 0 Å². The van der Waals surface area contributed by atoms with Crippen LogP contribution in [0, 0.1) is 40.4 Å². The molecule has 4 rings (SSSR count). The van der Waals surface area contributed by atoms with Gasteiger partial charge in [0.25, 0.3) is 0 Å². The summed E-state index contributed by atoms with van der Waals surface area (Å²) in [5.41, 5.74) is -0.121. The molecule has 2 N–H and O–H groups in total. The van der Waals surface area contributed by atoms with Gasteiger partial charge in [-0.05, 0) is 85.9 Å². The Morgan fingerprint density at radius 2 is 1.83 bits per heavy atom. The van der Waals surface area contributed by atoms with Crippen LogP contribution < -0.4 is 0 Å². The van der Waals surface area contributed by atoms with Crippen molar-refractivity contribution in [3.63, 3.8) is 0 Å². The smallest absolute Gasteiger partial charge is 0.0656 e. The fraction of sp³-hybridized carbons (Fsp3) is 1.00. The van der Waals surface area contributed by atoms with Crippen LogP contribution in [0.1, 0.15) is 66.2 Å². The molecule has 9 atom stereocenters. The van der Waals surface area contributed by atoms with Crippen LogP contribution in [0.3, 0.4) is 0 Å². The molecule has 4 fully saturated rings. The number of aliphatic hydroxyl groups excluding tert-OH is 1. The lowest BCUT2D eigenvalue weighted by molar-refractivity contribution is -0.170. The van der Waals surface area contributed by atoms with Gasteiger partial charge in [0.1, 0.15) is 0 Å². The Hall–Kier alpha value is 0.400. The highest BCUT2D eigenvalue weighted by Gasteiger charge is 2.72. The quantitative estimate of drug-likeness (QED) is 0.658. The summed E-state index contributed by atoms with van der Waals surface area (Å²) in [5.74, 6) is 2.67. The third kappa shape index (κ3) is 1.99. The molecule has 0 spiro atoms. The van der Waals surface area contributed by atoms with Crippen LogP contribution in [0.15, 0.2) is 0 Å². The van der Waals surface area contributed by atoms with Crippen molar-refractivity contribution in [2.24, 2.45) is 40.4 Å². The highest BCUT2D eigenvalue weighted by atomic mass is 79.9. The Morgan fingerprint density at radius 1 is 1.13 bits per heavy atom. The van der Waals surface area contributed by atoms with E-state index in [0.717, 1.165) is 25.2 Å². The normalized spacial score (nSPS) is 61.6. The molecule has 0 heterocycles. The largest absolute Gasteiger partial charge is 0.393 e. The monoisotopic (exact) mass is 384 g/mol. The summed E-state index contributed by atoms with van der Waals surface area (Å²) in [7, 11) is 0. The Kier molecular flexibility index (Phi) is 3.65. The van der Waals surface area contributed by atoms with Gasteiger partial charge in [-0.15, -0.1) is 0 Å². The van der Waals surface area contributed by atoms with Crippen molar-refractivity contribution in [1.29, 1.82) is 0 Å². The average Bonchev–Trinajstić information content (AvgIpc) is 2.92. The lowest BCUT2D eigenvalue weighted by Crippen LogP contribution is -2.61. The van der Waals surface area contributed by atoms with Gasteiger partial charge < -0.3 is 10.2 Å². The van der Waals surface area contributed by atoms with E-state index in [1.54, 1.807) is 0 Å². The van der Waals surface area contributed by atoms with Gasteiger partial charge in [0, 0.05) is 4.83 Å². The number of hydrogen-bond acceptors (Lipinski definition) is 2. The maximum atomic E-state index is 11.4. The van der Waals surface area contributed by atoms with Gasteiger partial charge in [-0.25, -0.2) is 0 Å². The minimum atomic E-state index is -0.580. The van der Waals surface area contributed by atoms with Crippen molar-refractivity contribution in [3.8, 4) is 0 Å². The second-order valence-corrected chi connectivity index (χ2v) is 11.2. The Bertz CT molecular complexity index is 504. The Labute approximate surface area is 149 Å². The van der Waals surface area contributed by atoms with Crippen LogP contribution in [-0.2, 0) is 0 Å². The zero-order valence-electron chi connectivity index (χ0n) is 15.1. The molecule has 0 radical (unpaired) electrons. The highest BCUT2D eigenvalue weighted by Crippen LogP contribution is 2.75. The maximum absolute atomic E-state index is 11.4. The van der Waals surface area contributed by atoms with E-state index in [0.29, 0.717) is 28.5 Å². The summed E-state index contributed by atoms with van der Waals surface area (Å²) in [6, 6.07) is 0. The third-order valence-corrected chi connectivity index (χ3v) is 10.3. The number of alkyl halides is 1. The van der Waals surface area contributed by atoms with Gasteiger partial charge >= 0.3 is 0 Å². The third-order valence-electron chi connectivity index (χ3n) is 8.77. The molecule has 0 aromatic carbocycles. The molecule has 23 heavy (non-hydrogen) atoms. The van der Waals surface area contributed by atoms with Crippen LogP contribution in [0.5, 0.6) is 0 Å². The first-order chi connectivity index (χ1) is 10.6. The van der Waals surface area contributed by atoms with Crippen molar-refractivity contribution in [1.82, 2.24) is 0 Å². The highest BCUT2D eigenvalue weighted by molar-refractivity contribution is 9.09. The van der Waals surface area contributed by atoms with E-state index in [2.05, 4.69) is 43.6 Å². The van der Waals surface area contributed by atoms with E-state index in [9.17, 15) is 10.2 Å². The first-order valence-corrected chi connectivity index (χ1v) is 10.6. The standard InChI is InChI=1S/C20H33BrO2/c1-11(2)13-9-12-14(22)10-20(13)8-7-18(3)15(21)5-6-19(4,23)17(18)16(12)20/h11-17,22-23H,5-10H2,1-4H3/t12-,13-,14-,15-,16-,17-,18+,19+,20-/m0/s1. The Morgan fingerprint density at radius 3 is 2.48 bits per heavy atom. The van der Waals surface area contributed by atoms with Gasteiger partial charge in [-0.2, -0.15) is 0 Å². The van der Waals surface area contributed by atoms with Crippen molar-refractivity contribution in [3.05, 3.63) is 0 Å². The molecular weight excluding hydrogens is 352 g/mol. The average molecular weight is 385 g/mol. The maximum Gasteiger partial charge on any atom is 0.0656 e. The van der Waals surface area contributed by atoms with Gasteiger partial charge in [-0.1, -0.05) is 36.7 Å². The summed E-state index contributed by atoms with van der Waals surface area (Å²) in [6.45, 7) is 9.22. The first kappa shape index (κ1) is 16.8. The molecule has 2 nitrogen and oxygen atoms in total. The molecule has 2 bridgehead atoms. The van der Waals surface area contributed by atoms with Crippen LogP contribution in [0.2, 0.25) is 0 Å². The van der Waals surface area contributed by atoms with Crippen molar-refractivity contribution in [2.75, 3.05) is 0 Å². The number of fused-ring (bicyclic) bond motifs is 1. The van der Waals surface area contributed by atoms with Crippen LogP contribution in [0.4, 0.5) is 0 Å². The zero-order chi connectivity index (χ0) is 16.8. The predicted octanol–water partition coefficient (Wildman–Crippen LogP) is 4.37. The molecule has 0 unspecified atom stereocenters. The summed E-state index contributed by atoms with van der Waals surface area (Å²) in [6.07, 6.45) is 6.44. The Balaban J connectivity index is 1.82. The molecule has 0 amide bonds. The second kappa shape index (κ2) is 4.98. The molecule has 4 saturated carbocycles. The summed E-state index contributed by atoms with van der Waals surface area (Å²) >= 11 is 3.98. The van der Waals surface area contributed by atoms with E-state index >= 15 is 0 Å². The molecule has 0 aromatic rings. The fourth-order valence-corrected chi connectivity index (χ4v) is 8.71. The fourth-order valence-electron chi connectivity index (χ4n) is 7.96. The molecule has 132 valence electrons. The van der Waals surface area contributed by atoms with Gasteiger partial charge in [0.2, 0.25) is 0 Å². The van der Waals surface area contributed by atoms with Gasteiger partial charge in [0.15, 0.2) is 0 Å². The minimum absolute atomic E-state index is 0.135. The SMILES string of the molecule is CC(C)[C@@H]1C[C@@H]2[C@H]3[C@H]4[C@](C)(CC[C@@]31C[C@@H]2O)[C@@H](Br)CC[C@@]4(C)O. The number of hydrogen-bond donors (Lipinski definition) is 2. The van der Waals surface area contributed by atoms with Crippen molar-refractivity contribution in [2.45, 2.75) is 82.8 Å². The number of aliphatic hydroxyl groups is 2. The van der Waals surface area contributed by atoms with Gasteiger partial charge in [0.05, 0.1) is 11.7 Å². The van der Waals surface area contributed by atoms with E-state index in [-0.39, 0.29) is 16.9 Å². The molecule has 4 aliphatic rings.